The monoisotopic (exact) mass is 401 g/mol. The summed E-state index contributed by atoms with van der Waals surface area (Å²) in [6, 6.07) is 10.3. The van der Waals surface area contributed by atoms with Crippen LogP contribution in [0.5, 0.6) is 0 Å². The molecule has 148 valence electrons. The Balaban J connectivity index is 1.62. The van der Waals surface area contributed by atoms with Gasteiger partial charge in [-0.3, -0.25) is 9.69 Å². The highest BCUT2D eigenvalue weighted by molar-refractivity contribution is 6.30. The van der Waals surface area contributed by atoms with Crippen LogP contribution in [0.4, 0.5) is 16.3 Å². The lowest BCUT2D eigenvalue weighted by Gasteiger charge is -2.20. The third kappa shape index (κ3) is 5.21. The average molecular weight is 402 g/mol. The van der Waals surface area contributed by atoms with Crippen molar-refractivity contribution in [2.24, 2.45) is 0 Å². The molecule has 1 aromatic carbocycles. The van der Waals surface area contributed by atoms with Crippen LogP contribution in [-0.2, 0) is 0 Å². The van der Waals surface area contributed by atoms with Gasteiger partial charge < -0.3 is 16.0 Å². The maximum Gasteiger partial charge on any atom is 0.319 e. The van der Waals surface area contributed by atoms with Gasteiger partial charge in [-0.05, 0) is 44.5 Å². The Morgan fingerprint density at radius 2 is 1.96 bits per heavy atom. The van der Waals surface area contributed by atoms with Gasteiger partial charge in [0, 0.05) is 31.4 Å². The smallest absolute Gasteiger partial charge is 0.319 e. The summed E-state index contributed by atoms with van der Waals surface area (Å²) in [5.74, 6) is 0.0194. The molecule has 28 heavy (non-hydrogen) atoms. The molecule has 0 radical (unpaired) electrons. The van der Waals surface area contributed by atoms with Crippen LogP contribution < -0.4 is 16.0 Å². The molecule has 1 aliphatic rings. The number of halogens is 1. The first kappa shape index (κ1) is 20.1. The van der Waals surface area contributed by atoms with E-state index < -0.39 is 0 Å². The van der Waals surface area contributed by atoms with Crippen molar-refractivity contribution in [3.63, 3.8) is 0 Å². The first-order valence-electron chi connectivity index (χ1n) is 9.26. The van der Waals surface area contributed by atoms with Gasteiger partial charge in [0.05, 0.1) is 16.3 Å². The maximum atomic E-state index is 12.6. The van der Waals surface area contributed by atoms with E-state index in [4.69, 9.17) is 11.6 Å². The highest BCUT2D eigenvalue weighted by Crippen LogP contribution is 2.18. The second-order valence-corrected chi connectivity index (χ2v) is 7.47. The van der Waals surface area contributed by atoms with E-state index in [1.54, 1.807) is 36.4 Å². The number of carbonyl (C=O) groups is 2. The molecule has 1 fully saturated rings. The van der Waals surface area contributed by atoms with Crippen LogP contribution in [0.1, 0.15) is 30.6 Å². The molecule has 0 saturated carbocycles. The fraction of sp³-hybridized carbons (Fsp3) is 0.350. The summed E-state index contributed by atoms with van der Waals surface area (Å²) in [6.45, 7) is 6.09. The summed E-state index contributed by atoms with van der Waals surface area (Å²) in [6.07, 6.45) is 2.37. The van der Waals surface area contributed by atoms with Crippen LogP contribution in [0.3, 0.4) is 0 Å². The van der Waals surface area contributed by atoms with E-state index in [-0.39, 0.29) is 18.0 Å². The van der Waals surface area contributed by atoms with E-state index in [0.29, 0.717) is 28.1 Å². The van der Waals surface area contributed by atoms with Gasteiger partial charge in [0.2, 0.25) is 0 Å². The predicted octanol–water partition coefficient (Wildman–Crippen LogP) is 3.59. The van der Waals surface area contributed by atoms with E-state index in [9.17, 15) is 9.59 Å². The number of amides is 3. The minimum atomic E-state index is -0.363. The zero-order valence-electron chi connectivity index (χ0n) is 15.9. The van der Waals surface area contributed by atoms with Gasteiger partial charge in [-0.25, -0.2) is 9.78 Å². The number of likely N-dealkylation sites (tertiary alicyclic amines) is 1. The number of carbonyl (C=O) groups excluding carboxylic acids is 2. The minimum Gasteiger partial charge on any atom is -0.334 e. The Morgan fingerprint density at radius 1 is 1.18 bits per heavy atom. The van der Waals surface area contributed by atoms with Gasteiger partial charge in [0.25, 0.3) is 5.91 Å². The molecule has 2 aromatic rings. The summed E-state index contributed by atoms with van der Waals surface area (Å²) in [5, 5.41) is 8.96. The van der Waals surface area contributed by atoms with Gasteiger partial charge >= 0.3 is 6.03 Å². The zero-order chi connectivity index (χ0) is 20.1. The third-order valence-corrected chi connectivity index (χ3v) is 4.90. The number of nitrogens with one attached hydrogen (secondary N) is 3. The number of aromatic nitrogens is 1. The van der Waals surface area contributed by atoms with E-state index in [1.165, 1.54) is 6.20 Å². The van der Waals surface area contributed by atoms with Gasteiger partial charge in [-0.2, -0.15) is 0 Å². The number of hydrogen-bond acceptors (Lipinski definition) is 4. The van der Waals surface area contributed by atoms with E-state index in [2.05, 4.69) is 39.7 Å². The highest BCUT2D eigenvalue weighted by atomic mass is 35.5. The van der Waals surface area contributed by atoms with Gasteiger partial charge in [0.15, 0.2) is 0 Å². The molecule has 8 heteroatoms. The highest BCUT2D eigenvalue weighted by Gasteiger charge is 2.25. The molecule has 1 aromatic heterocycles. The van der Waals surface area contributed by atoms with Crippen LogP contribution in [-0.4, -0.2) is 47.0 Å². The normalized spacial score (nSPS) is 16.8. The first-order valence-corrected chi connectivity index (χ1v) is 9.63. The molecular weight excluding hydrogens is 378 g/mol. The fourth-order valence-corrected chi connectivity index (χ4v) is 3.25. The number of hydrogen-bond donors (Lipinski definition) is 3. The lowest BCUT2D eigenvalue weighted by Crippen LogP contribution is -2.40. The van der Waals surface area contributed by atoms with Crippen molar-refractivity contribution in [2.45, 2.75) is 32.4 Å². The average Bonchev–Trinajstić information content (AvgIpc) is 3.12. The molecule has 1 saturated heterocycles. The second kappa shape index (κ2) is 9.03. The first-order chi connectivity index (χ1) is 13.4. The van der Waals surface area contributed by atoms with E-state index >= 15 is 0 Å². The van der Waals surface area contributed by atoms with E-state index in [1.807, 2.05) is 0 Å². The Labute approximate surface area is 169 Å². The molecule has 3 rings (SSSR count). The summed E-state index contributed by atoms with van der Waals surface area (Å²) < 4.78 is 0. The molecule has 1 atom stereocenters. The summed E-state index contributed by atoms with van der Waals surface area (Å²) in [5.41, 5.74) is 0.787. The Hall–Kier alpha value is -2.64. The molecule has 0 aliphatic carbocycles. The zero-order valence-corrected chi connectivity index (χ0v) is 16.7. The molecule has 2 heterocycles. The summed E-state index contributed by atoms with van der Waals surface area (Å²) in [4.78, 5) is 31.4. The van der Waals surface area contributed by atoms with Crippen molar-refractivity contribution in [1.82, 2.24) is 15.2 Å². The summed E-state index contributed by atoms with van der Waals surface area (Å²) >= 11 is 5.81. The van der Waals surface area contributed by atoms with Gasteiger partial charge in [0.1, 0.15) is 5.82 Å². The lowest BCUT2D eigenvalue weighted by atomic mass is 10.1. The fourth-order valence-electron chi connectivity index (χ4n) is 3.14. The van der Waals surface area contributed by atoms with Crippen molar-refractivity contribution in [1.29, 1.82) is 0 Å². The third-order valence-electron chi connectivity index (χ3n) is 4.67. The number of urea groups is 1. The molecule has 3 amide bonds. The van der Waals surface area contributed by atoms with E-state index in [0.717, 1.165) is 19.5 Å². The minimum absolute atomic E-state index is 0.0988. The number of benzene rings is 1. The van der Waals surface area contributed by atoms with Crippen LogP contribution in [0.2, 0.25) is 5.02 Å². The van der Waals surface area contributed by atoms with Crippen LogP contribution >= 0.6 is 11.6 Å². The SMILES string of the molecule is CC(C)N1CC[C@@H](NC(=O)Nc2ccccc2C(=O)Nc2ccc(Cl)cn2)C1. The molecule has 3 N–H and O–H groups in total. The topological polar surface area (TPSA) is 86.4 Å². The lowest BCUT2D eigenvalue weighted by molar-refractivity contribution is 0.102. The molecule has 0 spiro atoms. The van der Waals surface area contributed by atoms with Crippen molar-refractivity contribution >= 4 is 35.0 Å². The van der Waals surface area contributed by atoms with Crippen LogP contribution in [0.25, 0.3) is 0 Å². The largest absolute Gasteiger partial charge is 0.334 e. The van der Waals surface area contributed by atoms with Gasteiger partial charge in [-0.1, -0.05) is 23.7 Å². The summed E-state index contributed by atoms with van der Waals surface area (Å²) in [7, 11) is 0. The standard InChI is InChI=1S/C20H24ClN5O2/c1-13(2)26-10-9-15(12-26)23-20(28)24-17-6-4-3-5-16(17)19(27)25-18-8-7-14(21)11-22-18/h3-8,11,13,15H,9-10,12H2,1-2H3,(H,22,25,27)(H2,23,24,28)/t15-/m1/s1. The Morgan fingerprint density at radius 3 is 2.64 bits per heavy atom. The molecule has 0 bridgehead atoms. The number of para-hydroxylation sites is 1. The molecule has 7 nitrogen and oxygen atoms in total. The van der Waals surface area contributed by atoms with Gasteiger partial charge in [-0.15, -0.1) is 0 Å². The molecule has 0 unspecified atom stereocenters. The van der Waals surface area contributed by atoms with Crippen molar-refractivity contribution in [2.75, 3.05) is 23.7 Å². The number of pyridine rings is 1. The number of nitrogens with zero attached hydrogens (tertiary/aromatic N) is 2. The van der Waals surface area contributed by atoms with Crippen LogP contribution in [0.15, 0.2) is 42.6 Å². The maximum absolute atomic E-state index is 12.6. The number of rotatable bonds is 5. The molecular formula is C20H24ClN5O2. The Bertz CT molecular complexity index is 841. The Kier molecular flexibility index (Phi) is 6.49. The predicted molar refractivity (Wildman–Crippen MR) is 111 cm³/mol. The van der Waals surface area contributed by atoms with Crippen molar-refractivity contribution in [3.8, 4) is 0 Å². The second-order valence-electron chi connectivity index (χ2n) is 7.03. The van der Waals surface area contributed by atoms with Crippen molar-refractivity contribution in [3.05, 3.63) is 53.2 Å². The quantitative estimate of drug-likeness (QED) is 0.714. The van der Waals surface area contributed by atoms with Crippen molar-refractivity contribution < 1.29 is 9.59 Å². The molecule has 1 aliphatic heterocycles. The number of anilines is 2. The van der Waals surface area contributed by atoms with Crippen LogP contribution in [0, 0.1) is 0 Å².